The Balaban J connectivity index is 1.25. The van der Waals surface area contributed by atoms with Gasteiger partial charge in [-0.2, -0.15) is 0 Å². The summed E-state index contributed by atoms with van der Waals surface area (Å²) in [6.45, 7) is 0.816. The molecule has 2 bridgehead atoms. The molecule has 6 rings (SSSR count). The molecule has 2 aromatic carbocycles. The highest BCUT2D eigenvalue weighted by Gasteiger charge is 2.35. The fourth-order valence-electron chi connectivity index (χ4n) is 4.90. The van der Waals surface area contributed by atoms with Crippen molar-refractivity contribution < 1.29 is 4.74 Å². The van der Waals surface area contributed by atoms with Gasteiger partial charge in [0.1, 0.15) is 5.75 Å². The van der Waals surface area contributed by atoms with Crippen molar-refractivity contribution >= 4 is 21.8 Å². The summed E-state index contributed by atoms with van der Waals surface area (Å²) in [6.07, 6.45) is 9.20. The SMILES string of the molecule is C1=CC2CC1CC2COc1ccc(-c2ccc3ccc4cccnc4c3n2)cc1. The average Bonchev–Trinajstić information content (AvgIpc) is 3.41. The molecule has 2 aliphatic carbocycles. The monoisotopic (exact) mass is 378 g/mol. The van der Waals surface area contributed by atoms with Crippen LogP contribution in [0.25, 0.3) is 33.1 Å². The van der Waals surface area contributed by atoms with Crippen molar-refractivity contribution in [2.75, 3.05) is 6.61 Å². The summed E-state index contributed by atoms with van der Waals surface area (Å²) >= 11 is 0. The van der Waals surface area contributed by atoms with E-state index >= 15 is 0 Å². The van der Waals surface area contributed by atoms with Crippen LogP contribution < -0.4 is 4.74 Å². The van der Waals surface area contributed by atoms with E-state index in [4.69, 9.17) is 9.72 Å². The van der Waals surface area contributed by atoms with Crippen molar-refractivity contribution in [2.24, 2.45) is 17.8 Å². The number of fused-ring (bicyclic) bond motifs is 5. The number of pyridine rings is 2. The molecule has 2 aliphatic rings. The smallest absolute Gasteiger partial charge is 0.119 e. The summed E-state index contributed by atoms with van der Waals surface area (Å²) < 4.78 is 6.10. The molecular formula is C26H22N2O. The number of allylic oxidation sites excluding steroid dienone is 2. The fraction of sp³-hybridized carbons (Fsp3) is 0.231. The van der Waals surface area contributed by atoms with E-state index in [0.29, 0.717) is 5.92 Å². The molecule has 2 heterocycles. The van der Waals surface area contributed by atoms with Gasteiger partial charge in [0.15, 0.2) is 0 Å². The van der Waals surface area contributed by atoms with Crippen LogP contribution in [0.4, 0.5) is 0 Å². The fourth-order valence-corrected chi connectivity index (χ4v) is 4.90. The lowest BCUT2D eigenvalue weighted by atomic mass is 9.95. The van der Waals surface area contributed by atoms with Gasteiger partial charge in [0.25, 0.3) is 0 Å². The summed E-state index contributed by atoms with van der Waals surface area (Å²) in [4.78, 5) is 9.48. The van der Waals surface area contributed by atoms with Crippen LogP contribution >= 0.6 is 0 Å². The third-order valence-corrected chi connectivity index (χ3v) is 6.46. The largest absolute Gasteiger partial charge is 0.493 e. The molecular weight excluding hydrogens is 356 g/mol. The molecule has 3 atom stereocenters. The second-order valence-electron chi connectivity index (χ2n) is 8.28. The summed E-state index contributed by atoms with van der Waals surface area (Å²) in [5.74, 6) is 3.13. The predicted molar refractivity (Wildman–Crippen MR) is 117 cm³/mol. The van der Waals surface area contributed by atoms with Crippen LogP contribution in [0.5, 0.6) is 5.75 Å². The quantitative estimate of drug-likeness (QED) is 0.321. The molecule has 3 unspecified atom stereocenters. The van der Waals surface area contributed by atoms with Gasteiger partial charge in [0.2, 0.25) is 0 Å². The highest BCUT2D eigenvalue weighted by atomic mass is 16.5. The minimum absolute atomic E-state index is 0.674. The third kappa shape index (κ3) is 2.98. The first-order valence-corrected chi connectivity index (χ1v) is 10.4. The number of hydrogen-bond donors (Lipinski definition) is 0. The van der Waals surface area contributed by atoms with Gasteiger partial charge < -0.3 is 4.74 Å². The Labute approximate surface area is 170 Å². The highest BCUT2D eigenvalue weighted by Crippen LogP contribution is 2.43. The maximum atomic E-state index is 6.10. The number of ether oxygens (including phenoxy) is 1. The molecule has 4 aromatic rings. The van der Waals surface area contributed by atoms with Crippen molar-refractivity contribution in [3.05, 3.63) is 79.0 Å². The van der Waals surface area contributed by atoms with Crippen molar-refractivity contribution in [3.8, 4) is 17.0 Å². The van der Waals surface area contributed by atoms with E-state index < -0.39 is 0 Å². The van der Waals surface area contributed by atoms with E-state index in [0.717, 1.165) is 57.3 Å². The average molecular weight is 378 g/mol. The van der Waals surface area contributed by atoms with Crippen LogP contribution in [0.2, 0.25) is 0 Å². The molecule has 1 fully saturated rings. The van der Waals surface area contributed by atoms with E-state index in [1.165, 1.54) is 12.8 Å². The van der Waals surface area contributed by atoms with E-state index in [1.807, 2.05) is 12.3 Å². The van der Waals surface area contributed by atoms with Crippen molar-refractivity contribution in [2.45, 2.75) is 12.8 Å². The number of hydrogen-bond acceptors (Lipinski definition) is 3. The topological polar surface area (TPSA) is 35.0 Å². The second kappa shape index (κ2) is 6.70. The highest BCUT2D eigenvalue weighted by molar-refractivity contribution is 6.03. The first-order chi connectivity index (χ1) is 14.3. The van der Waals surface area contributed by atoms with Gasteiger partial charge in [-0.25, -0.2) is 4.98 Å². The molecule has 3 heteroatoms. The minimum Gasteiger partial charge on any atom is -0.493 e. The lowest BCUT2D eigenvalue weighted by Crippen LogP contribution is -2.16. The lowest BCUT2D eigenvalue weighted by molar-refractivity contribution is 0.228. The van der Waals surface area contributed by atoms with Crippen molar-refractivity contribution in [1.29, 1.82) is 0 Å². The third-order valence-electron chi connectivity index (χ3n) is 6.46. The Morgan fingerprint density at radius 1 is 0.828 bits per heavy atom. The Kier molecular flexibility index (Phi) is 3.86. The summed E-state index contributed by atoms with van der Waals surface area (Å²) in [6, 6.07) is 20.8. The van der Waals surface area contributed by atoms with Gasteiger partial charge >= 0.3 is 0 Å². The molecule has 0 amide bonds. The van der Waals surface area contributed by atoms with Gasteiger partial charge in [0.05, 0.1) is 23.3 Å². The van der Waals surface area contributed by atoms with Crippen LogP contribution in [0.15, 0.2) is 79.0 Å². The summed E-state index contributed by atoms with van der Waals surface area (Å²) in [5.41, 5.74) is 3.95. The molecule has 2 aromatic heterocycles. The maximum Gasteiger partial charge on any atom is 0.119 e. The van der Waals surface area contributed by atoms with Crippen molar-refractivity contribution in [1.82, 2.24) is 9.97 Å². The number of rotatable bonds is 4. The summed E-state index contributed by atoms with van der Waals surface area (Å²) in [7, 11) is 0. The molecule has 0 saturated heterocycles. The molecule has 1 saturated carbocycles. The van der Waals surface area contributed by atoms with Crippen LogP contribution in [0, 0.1) is 17.8 Å². The first kappa shape index (κ1) is 16.7. The second-order valence-corrected chi connectivity index (χ2v) is 8.28. The Bertz CT molecular complexity index is 1230. The number of nitrogens with zero attached hydrogens (tertiary/aromatic N) is 2. The zero-order valence-electron chi connectivity index (χ0n) is 16.2. The number of aromatic nitrogens is 2. The molecule has 0 N–H and O–H groups in total. The van der Waals surface area contributed by atoms with Gasteiger partial charge in [-0.1, -0.05) is 36.4 Å². The van der Waals surface area contributed by atoms with Crippen LogP contribution in [-0.4, -0.2) is 16.6 Å². The normalized spacial score (nSPS) is 22.6. The summed E-state index contributed by atoms with van der Waals surface area (Å²) in [5, 5.41) is 2.23. The Hall–Kier alpha value is -3.20. The van der Waals surface area contributed by atoms with E-state index in [-0.39, 0.29) is 0 Å². The van der Waals surface area contributed by atoms with Crippen molar-refractivity contribution in [3.63, 3.8) is 0 Å². The van der Waals surface area contributed by atoms with Gasteiger partial charge in [-0.3, -0.25) is 4.98 Å². The predicted octanol–water partition coefficient (Wildman–Crippen LogP) is 6.04. The van der Waals surface area contributed by atoms with Gasteiger partial charge in [-0.15, -0.1) is 0 Å². The first-order valence-electron chi connectivity index (χ1n) is 10.4. The molecule has 0 aliphatic heterocycles. The van der Waals surface area contributed by atoms with Gasteiger partial charge in [-0.05, 0) is 67.0 Å². The number of benzene rings is 2. The molecule has 0 spiro atoms. The molecule has 0 radical (unpaired) electrons. The van der Waals surface area contributed by atoms with Crippen LogP contribution in [-0.2, 0) is 0 Å². The lowest BCUT2D eigenvalue weighted by Gasteiger charge is -2.18. The minimum atomic E-state index is 0.674. The Morgan fingerprint density at radius 3 is 2.45 bits per heavy atom. The zero-order valence-corrected chi connectivity index (χ0v) is 16.2. The van der Waals surface area contributed by atoms with E-state index in [1.54, 1.807) is 0 Å². The van der Waals surface area contributed by atoms with E-state index in [9.17, 15) is 0 Å². The van der Waals surface area contributed by atoms with Gasteiger partial charge in [0, 0.05) is 22.5 Å². The standard InChI is InChI=1S/C26H22N2O/c1-2-19-5-6-20-9-12-24(28-26(20)25(19)27-13-1)18-7-10-23(11-8-18)29-16-22-15-17-3-4-21(22)14-17/h1-13,17,21-22H,14-16H2. The maximum absolute atomic E-state index is 6.10. The molecule has 142 valence electrons. The molecule has 3 nitrogen and oxygen atoms in total. The Morgan fingerprint density at radius 2 is 1.66 bits per heavy atom. The van der Waals surface area contributed by atoms with Crippen LogP contribution in [0.3, 0.4) is 0 Å². The molecule has 29 heavy (non-hydrogen) atoms. The zero-order chi connectivity index (χ0) is 19.2. The van der Waals surface area contributed by atoms with Crippen LogP contribution in [0.1, 0.15) is 12.8 Å². The van der Waals surface area contributed by atoms with E-state index in [2.05, 4.69) is 71.7 Å².